The van der Waals surface area contributed by atoms with Gasteiger partial charge in [0.05, 0.1) is 11.1 Å². The first-order chi connectivity index (χ1) is 16.5. The molecule has 0 atom stereocenters. The van der Waals surface area contributed by atoms with Crippen molar-refractivity contribution < 1.29 is 19.9 Å². The van der Waals surface area contributed by atoms with Gasteiger partial charge < -0.3 is 10.4 Å². The SMILES string of the molecule is CC1(C)N([O])C(c2ccc3c(c2)Sc2ccc(C4=[N+]([O-])C(C)(C)C(C)(C)N4[O])cc2S3)=[N+]([O-])C1(C)C. The Bertz CT molecular complexity index is 1260. The Kier molecular flexibility index (Phi) is 5.31. The molecule has 0 bridgehead atoms. The summed E-state index contributed by atoms with van der Waals surface area (Å²) in [6, 6.07) is 11.2. The number of hydroxylamine groups is 6. The van der Waals surface area contributed by atoms with E-state index in [0.717, 1.165) is 39.2 Å². The van der Waals surface area contributed by atoms with Crippen molar-refractivity contribution in [2.75, 3.05) is 0 Å². The summed E-state index contributed by atoms with van der Waals surface area (Å²) in [5.74, 6) is 0.238. The molecule has 0 fully saturated rings. The van der Waals surface area contributed by atoms with E-state index in [2.05, 4.69) is 0 Å². The number of amidine groups is 2. The minimum absolute atomic E-state index is 0.119. The van der Waals surface area contributed by atoms with Gasteiger partial charge in [-0.05, 0) is 91.8 Å². The second kappa shape index (κ2) is 7.56. The molecular formula is C26H30N4O4S2. The van der Waals surface area contributed by atoms with Gasteiger partial charge in [0.2, 0.25) is 0 Å². The maximum atomic E-state index is 13.1. The van der Waals surface area contributed by atoms with Gasteiger partial charge in [-0.1, -0.05) is 33.7 Å². The molecule has 0 saturated carbocycles. The lowest BCUT2D eigenvalue weighted by Crippen LogP contribution is -2.53. The molecule has 8 nitrogen and oxygen atoms in total. The van der Waals surface area contributed by atoms with Crippen molar-refractivity contribution in [2.45, 2.75) is 97.1 Å². The molecule has 0 amide bonds. The molecule has 3 aliphatic rings. The van der Waals surface area contributed by atoms with Crippen LogP contribution in [0, 0.1) is 10.4 Å². The third-order valence-electron chi connectivity index (χ3n) is 8.64. The number of fused-ring (bicyclic) bond motifs is 2. The van der Waals surface area contributed by atoms with Gasteiger partial charge in [0.1, 0.15) is 11.1 Å². The zero-order chi connectivity index (χ0) is 26.6. The molecule has 2 aromatic rings. The van der Waals surface area contributed by atoms with Gasteiger partial charge in [-0.2, -0.15) is 0 Å². The summed E-state index contributed by atoms with van der Waals surface area (Å²) >= 11 is 3.08. The normalized spacial score (nSPS) is 23.3. The quantitative estimate of drug-likeness (QED) is 0.334. The van der Waals surface area contributed by atoms with Gasteiger partial charge in [0.25, 0.3) is 0 Å². The average molecular weight is 527 g/mol. The maximum absolute atomic E-state index is 13.1. The Balaban J connectivity index is 1.50. The molecule has 3 aliphatic heterocycles. The Labute approximate surface area is 220 Å². The number of nitrogens with zero attached hydrogens (tertiary/aromatic N) is 4. The highest BCUT2D eigenvalue weighted by Gasteiger charge is 2.61. The van der Waals surface area contributed by atoms with Crippen LogP contribution in [0.3, 0.4) is 0 Å². The predicted octanol–water partition coefficient (Wildman–Crippen LogP) is 5.25. The summed E-state index contributed by atoms with van der Waals surface area (Å²) in [7, 11) is 0. The minimum atomic E-state index is -0.878. The Morgan fingerprint density at radius 2 is 0.944 bits per heavy atom. The molecule has 0 saturated heterocycles. The third-order valence-corrected chi connectivity index (χ3v) is 11.2. The maximum Gasteiger partial charge on any atom is 0.316 e. The molecule has 0 aliphatic carbocycles. The fourth-order valence-electron chi connectivity index (χ4n) is 4.55. The highest BCUT2D eigenvalue weighted by Crippen LogP contribution is 2.50. The zero-order valence-electron chi connectivity index (χ0n) is 21.7. The van der Waals surface area contributed by atoms with Crippen LogP contribution in [-0.4, -0.2) is 53.4 Å². The third kappa shape index (κ3) is 3.11. The number of benzene rings is 2. The second-order valence-corrected chi connectivity index (χ2v) is 13.8. The summed E-state index contributed by atoms with van der Waals surface area (Å²) in [5.41, 5.74) is -2.34. The van der Waals surface area contributed by atoms with E-state index in [1.165, 1.54) is 0 Å². The number of hydrogen-bond donors (Lipinski definition) is 0. The van der Waals surface area contributed by atoms with E-state index in [1.54, 1.807) is 91.0 Å². The van der Waals surface area contributed by atoms with Crippen LogP contribution in [-0.2, 0) is 10.4 Å². The molecule has 0 aromatic heterocycles. The van der Waals surface area contributed by atoms with Crippen LogP contribution in [0.1, 0.15) is 66.5 Å². The van der Waals surface area contributed by atoms with Crippen LogP contribution in [0.2, 0.25) is 0 Å². The predicted molar refractivity (Wildman–Crippen MR) is 138 cm³/mol. The average Bonchev–Trinajstić information content (AvgIpc) is 3.00. The van der Waals surface area contributed by atoms with Gasteiger partial charge in [-0.15, -0.1) is 0 Å². The zero-order valence-corrected chi connectivity index (χ0v) is 23.3. The monoisotopic (exact) mass is 526 g/mol. The molecule has 2 aromatic carbocycles. The Hall–Kier alpha value is -2.40. The van der Waals surface area contributed by atoms with Gasteiger partial charge in [-0.25, -0.2) is 0 Å². The van der Waals surface area contributed by atoms with Crippen molar-refractivity contribution in [3.63, 3.8) is 0 Å². The molecule has 0 N–H and O–H groups in total. The van der Waals surface area contributed by atoms with E-state index in [1.807, 2.05) is 24.3 Å². The lowest BCUT2D eigenvalue weighted by molar-refractivity contribution is -0.539. The van der Waals surface area contributed by atoms with Crippen LogP contribution in [0.15, 0.2) is 56.0 Å². The van der Waals surface area contributed by atoms with Crippen LogP contribution in [0.25, 0.3) is 0 Å². The van der Waals surface area contributed by atoms with Crippen molar-refractivity contribution in [1.29, 1.82) is 0 Å². The van der Waals surface area contributed by atoms with Crippen LogP contribution >= 0.6 is 23.5 Å². The molecular weight excluding hydrogens is 496 g/mol. The van der Waals surface area contributed by atoms with Crippen LogP contribution < -0.4 is 0 Å². The lowest BCUT2D eigenvalue weighted by Gasteiger charge is -2.32. The first-order valence-electron chi connectivity index (χ1n) is 11.8. The van der Waals surface area contributed by atoms with Gasteiger partial charge >= 0.3 is 11.7 Å². The van der Waals surface area contributed by atoms with E-state index in [4.69, 9.17) is 0 Å². The molecule has 5 rings (SSSR count). The summed E-state index contributed by atoms with van der Waals surface area (Å²) in [6.45, 7) is 14.3. The van der Waals surface area contributed by atoms with Crippen LogP contribution in [0.5, 0.6) is 0 Å². The molecule has 36 heavy (non-hydrogen) atoms. The summed E-state index contributed by atoms with van der Waals surface area (Å²) in [4.78, 5) is 3.86. The molecule has 190 valence electrons. The highest BCUT2D eigenvalue weighted by atomic mass is 32.2. The fourth-order valence-corrected chi connectivity index (χ4v) is 6.82. The first kappa shape index (κ1) is 25.3. The largest absolute Gasteiger partial charge is 0.714 e. The molecule has 0 spiro atoms. The molecule has 2 radical (unpaired) electrons. The highest BCUT2D eigenvalue weighted by molar-refractivity contribution is 8.05. The van der Waals surface area contributed by atoms with E-state index in [-0.39, 0.29) is 11.7 Å². The molecule has 3 heterocycles. The van der Waals surface area contributed by atoms with E-state index in [9.17, 15) is 20.8 Å². The smallest absolute Gasteiger partial charge is 0.316 e. The standard InChI is InChI=1S/C26H30N4O4S2/c1-23(2)24(3,4)28(32)21(27(23)31)15-9-11-17-19(13-15)35-18-12-10-16(14-20(18)36-17)22-29(33)25(5,6)26(7,8)30(22)34/h9-14H,1-8H3. The summed E-state index contributed by atoms with van der Waals surface area (Å²) in [6.07, 6.45) is 0. The topological polar surface area (TPSA) is 98.4 Å². The fraction of sp³-hybridized carbons (Fsp3) is 0.462. The van der Waals surface area contributed by atoms with Crippen molar-refractivity contribution in [3.05, 3.63) is 57.9 Å². The molecule has 10 heteroatoms. The van der Waals surface area contributed by atoms with Crippen molar-refractivity contribution in [3.8, 4) is 0 Å². The van der Waals surface area contributed by atoms with Gasteiger partial charge in [0, 0.05) is 30.0 Å². The van der Waals surface area contributed by atoms with E-state index in [0.29, 0.717) is 11.1 Å². The molecule has 0 unspecified atom stereocenters. The second-order valence-electron chi connectivity index (χ2n) is 11.6. The van der Waals surface area contributed by atoms with Crippen molar-refractivity contribution in [2.24, 2.45) is 0 Å². The number of hydrogen-bond acceptors (Lipinski definition) is 6. The first-order valence-corrected chi connectivity index (χ1v) is 13.4. The minimum Gasteiger partial charge on any atom is -0.714 e. The summed E-state index contributed by atoms with van der Waals surface area (Å²) < 4.78 is 1.65. The Morgan fingerprint density at radius 3 is 1.22 bits per heavy atom. The van der Waals surface area contributed by atoms with Gasteiger partial charge in [-0.3, -0.25) is 9.48 Å². The van der Waals surface area contributed by atoms with E-state index >= 15 is 0 Å². The Morgan fingerprint density at radius 1 is 0.611 bits per heavy atom. The van der Waals surface area contributed by atoms with E-state index < -0.39 is 22.2 Å². The van der Waals surface area contributed by atoms with Gasteiger partial charge in [0.15, 0.2) is 11.1 Å². The van der Waals surface area contributed by atoms with Crippen molar-refractivity contribution in [1.82, 2.24) is 10.1 Å². The van der Waals surface area contributed by atoms with Crippen LogP contribution in [0.4, 0.5) is 0 Å². The van der Waals surface area contributed by atoms with Crippen molar-refractivity contribution >= 4 is 35.2 Å². The lowest BCUT2D eigenvalue weighted by atomic mass is 9.84. The number of rotatable bonds is 2. The summed E-state index contributed by atoms with van der Waals surface area (Å²) in [5, 5.41) is 54.0.